The summed E-state index contributed by atoms with van der Waals surface area (Å²) in [5.74, 6) is -0.111. The number of carbonyl (C=O) groups is 2. The Balaban J connectivity index is 1.23. The average Bonchev–Trinajstić information content (AvgIpc) is 3.17. The molecule has 0 saturated carbocycles. The molecule has 5 rings (SSSR count). The first-order valence-corrected chi connectivity index (χ1v) is 11.8. The highest BCUT2D eigenvalue weighted by Gasteiger charge is 2.31. The van der Waals surface area contributed by atoms with Crippen molar-refractivity contribution >= 4 is 29.1 Å². The zero-order valence-electron chi connectivity index (χ0n) is 18.1. The van der Waals surface area contributed by atoms with Gasteiger partial charge in [-0.15, -0.1) is 0 Å². The molecule has 1 N–H and O–H groups in total. The molecule has 2 fully saturated rings. The molecule has 32 heavy (non-hydrogen) atoms. The van der Waals surface area contributed by atoms with Gasteiger partial charge in [-0.3, -0.25) is 9.59 Å². The van der Waals surface area contributed by atoms with Crippen LogP contribution in [0.4, 0.5) is 5.69 Å². The van der Waals surface area contributed by atoms with E-state index in [1.807, 2.05) is 41.3 Å². The molecule has 2 saturated heterocycles. The largest absolute Gasteiger partial charge is 0.375 e. The van der Waals surface area contributed by atoms with Gasteiger partial charge < -0.3 is 19.9 Å². The van der Waals surface area contributed by atoms with Crippen LogP contribution < -0.4 is 10.2 Å². The number of anilines is 1. The van der Waals surface area contributed by atoms with E-state index in [9.17, 15) is 9.59 Å². The van der Waals surface area contributed by atoms with Crippen LogP contribution in [0.1, 0.15) is 52.0 Å². The molecule has 2 amide bonds. The van der Waals surface area contributed by atoms with E-state index in [0.29, 0.717) is 41.9 Å². The summed E-state index contributed by atoms with van der Waals surface area (Å²) in [5, 5.41) is 3.83. The highest BCUT2D eigenvalue weighted by molar-refractivity contribution is 6.35. The van der Waals surface area contributed by atoms with Gasteiger partial charge in [-0.2, -0.15) is 0 Å². The summed E-state index contributed by atoms with van der Waals surface area (Å²) in [6.45, 7) is 3.90. The third-order valence-corrected chi connectivity index (χ3v) is 7.01. The molecule has 0 radical (unpaired) electrons. The third-order valence-electron chi connectivity index (χ3n) is 6.69. The molecule has 0 spiro atoms. The van der Waals surface area contributed by atoms with Crippen molar-refractivity contribution in [3.05, 3.63) is 64.2 Å². The number of rotatable bonds is 4. The molecule has 0 atom stereocenters. The third kappa shape index (κ3) is 4.27. The fraction of sp³-hybridized carbons (Fsp3) is 0.440. The van der Waals surface area contributed by atoms with Gasteiger partial charge in [0.1, 0.15) is 0 Å². The van der Waals surface area contributed by atoms with Gasteiger partial charge in [0, 0.05) is 24.3 Å². The van der Waals surface area contributed by atoms with Gasteiger partial charge in [0.25, 0.3) is 11.8 Å². The summed E-state index contributed by atoms with van der Waals surface area (Å²) in [7, 11) is 0. The number of halogens is 1. The number of nitrogens with one attached hydrogen (secondary N) is 1. The number of hydrogen-bond acceptors (Lipinski definition) is 4. The van der Waals surface area contributed by atoms with Crippen LogP contribution in [-0.2, 0) is 11.3 Å². The van der Waals surface area contributed by atoms with Gasteiger partial charge in [-0.25, -0.2) is 0 Å². The van der Waals surface area contributed by atoms with Crippen molar-refractivity contribution in [2.24, 2.45) is 0 Å². The summed E-state index contributed by atoms with van der Waals surface area (Å²) < 4.78 is 6.27. The Morgan fingerprint density at radius 1 is 1.00 bits per heavy atom. The van der Waals surface area contributed by atoms with Gasteiger partial charge in [0.15, 0.2) is 0 Å². The molecular formula is C25H28ClN3O3. The highest BCUT2D eigenvalue weighted by atomic mass is 35.5. The molecule has 0 aliphatic carbocycles. The SMILES string of the molecule is O=C(c1cccc(N2Cc3cccc(Cl)c3C2=O)c1)N1CCC(OC2CCNCC2)CC1. The topological polar surface area (TPSA) is 61.9 Å². The number of piperidine rings is 2. The van der Waals surface area contributed by atoms with Crippen LogP contribution in [0, 0.1) is 0 Å². The monoisotopic (exact) mass is 453 g/mol. The Kier molecular flexibility index (Phi) is 6.17. The second kappa shape index (κ2) is 9.22. The number of hydrogen-bond donors (Lipinski definition) is 1. The molecule has 0 bridgehead atoms. The van der Waals surface area contributed by atoms with E-state index in [2.05, 4.69) is 5.32 Å². The molecule has 6 nitrogen and oxygen atoms in total. The Labute approximate surface area is 193 Å². The molecule has 3 aliphatic heterocycles. The first-order chi connectivity index (χ1) is 15.6. The standard InChI is InChI=1S/C25H28ClN3O3/c26-22-6-2-4-18-16-29(25(31)23(18)22)19-5-1-3-17(15-19)24(30)28-13-9-21(10-14-28)32-20-7-11-27-12-8-20/h1-6,15,20-21,27H,7-14,16H2. The number of nitrogens with zero attached hydrogens (tertiary/aromatic N) is 2. The molecule has 7 heteroatoms. The zero-order valence-corrected chi connectivity index (χ0v) is 18.8. The Morgan fingerprint density at radius 2 is 1.72 bits per heavy atom. The maximum absolute atomic E-state index is 13.2. The van der Waals surface area contributed by atoms with Crippen molar-refractivity contribution in [3.8, 4) is 0 Å². The maximum atomic E-state index is 13.2. The minimum absolute atomic E-state index is 0.00867. The molecule has 0 unspecified atom stereocenters. The Bertz CT molecular complexity index is 1010. The zero-order chi connectivity index (χ0) is 22.1. The molecule has 3 heterocycles. The lowest BCUT2D eigenvalue weighted by Gasteiger charge is -2.35. The highest BCUT2D eigenvalue weighted by Crippen LogP contribution is 2.33. The molecule has 2 aromatic rings. The average molecular weight is 454 g/mol. The second-order valence-electron chi connectivity index (χ2n) is 8.79. The van der Waals surface area contributed by atoms with Crippen LogP contribution in [0.15, 0.2) is 42.5 Å². The lowest BCUT2D eigenvalue weighted by Crippen LogP contribution is -2.43. The fourth-order valence-electron chi connectivity index (χ4n) is 4.91. The molecule has 3 aliphatic rings. The smallest absolute Gasteiger partial charge is 0.260 e. The lowest BCUT2D eigenvalue weighted by molar-refractivity contribution is -0.0499. The normalized spacial score (nSPS) is 20.0. The van der Waals surface area contributed by atoms with Crippen molar-refractivity contribution in [1.82, 2.24) is 10.2 Å². The molecule has 2 aromatic carbocycles. The van der Waals surface area contributed by atoms with Crippen LogP contribution in [0.5, 0.6) is 0 Å². The number of benzene rings is 2. The van der Waals surface area contributed by atoms with Gasteiger partial charge in [-0.05, 0) is 68.6 Å². The van der Waals surface area contributed by atoms with Crippen molar-refractivity contribution in [1.29, 1.82) is 0 Å². The van der Waals surface area contributed by atoms with Gasteiger partial charge in [-0.1, -0.05) is 29.8 Å². The minimum atomic E-state index is -0.119. The van der Waals surface area contributed by atoms with Crippen LogP contribution >= 0.6 is 11.6 Å². The van der Waals surface area contributed by atoms with E-state index in [-0.39, 0.29) is 17.9 Å². The summed E-state index contributed by atoms with van der Waals surface area (Å²) in [5.41, 5.74) is 2.80. The number of fused-ring (bicyclic) bond motifs is 1. The predicted molar refractivity (Wildman–Crippen MR) is 124 cm³/mol. The second-order valence-corrected chi connectivity index (χ2v) is 9.20. The summed E-state index contributed by atoms with van der Waals surface area (Å²) in [4.78, 5) is 29.7. The van der Waals surface area contributed by atoms with E-state index in [1.165, 1.54) is 0 Å². The number of amides is 2. The van der Waals surface area contributed by atoms with Crippen LogP contribution in [0.2, 0.25) is 5.02 Å². The van der Waals surface area contributed by atoms with Crippen molar-refractivity contribution < 1.29 is 14.3 Å². The molecule has 0 aromatic heterocycles. The first kappa shape index (κ1) is 21.4. The van der Waals surface area contributed by atoms with Crippen molar-refractivity contribution in [2.75, 3.05) is 31.1 Å². The van der Waals surface area contributed by atoms with Gasteiger partial charge >= 0.3 is 0 Å². The lowest BCUT2D eigenvalue weighted by atomic mass is 10.0. The predicted octanol–water partition coefficient (Wildman–Crippen LogP) is 3.87. The quantitative estimate of drug-likeness (QED) is 0.763. The van der Waals surface area contributed by atoms with Crippen LogP contribution in [-0.4, -0.2) is 55.1 Å². The van der Waals surface area contributed by atoms with Crippen molar-refractivity contribution in [3.63, 3.8) is 0 Å². The number of carbonyl (C=O) groups excluding carboxylic acids is 2. The van der Waals surface area contributed by atoms with E-state index >= 15 is 0 Å². The Hall–Kier alpha value is -2.41. The summed E-state index contributed by atoms with van der Waals surface area (Å²) in [6.07, 6.45) is 4.45. The Morgan fingerprint density at radius 3 is 2.47 bits per heavy atom. The maximum Gasteiger partial charge on any atom is 0.260 e. The van der Waals surface area contributed by atoms with Gasteiger partial charge in [0.2, 0.25) is 0 Å². The van der Waals surface area contributed by atoms with E-state index in [1.54, 1.807) is 11.0 Å². The number of likely N-dealkylation sites (tertiary alicyclic amines) is 1. The van der Waals surface area contributed by atoms with Crippen molar-refractivity contribution in [2.45, 2.75) is 44.4 Å². The molecular weight excluding hydrogens is 426 g/mol. The van der Waals surface area contributed by atoms with E-state index in [4.69, 9.17) is 16.3 Å². The van der Waals surface area contributed by atoms with E-state index < -0.39 is 0 Å². The summed E-state index contributed by atoms with van der Waals surface area (Å²) in [6, 6.07) is 12.9. The van der Waals surface area contributed by atoms with Crippen LogP contribution in [0.3, 0.4) is 0 Å². The summed E-state index contributed by atoms with van der Waals surface area (Å²) >= 11 is 6.25. The number of ether oxygens (including phenoxy) is 1. The fourth-order valence-corrected chi connectivity index (χ4v) is 5.19. The first-order valence-electron chi connectivity index (χ1n) is 11.4. The van der Waals surface area contributed by atoms with E-state index in [0.717, 1.165) is 50.0 Å². The van der Waals surface area contributed by atoms with Gasteiger partial charge in [0.05, 0.1) is 29.3 Å². The molecule has 168 valence electrons. The minimum Gasteiger partial charge on any atom is -0.375 e. The van der Waals surface area contributed by atoms with Crippen LogP contribution in [0.25, 0.3) is 0 Å².